The van der Waals surface area contributed by atoms with Gasteiger partial charge in [-0.1, -0.05) is 17.7 Å². The largest absolute Gasteiger partial charge is 0.383 e. The summed E-state index contributed by atoms with van der Waals surface area (Å²) in [4.78, 5) is 29.5. The number of amides is 1. The van der Waals surface area contributed by atoms with Gasteiger partial charge >= 0.3 is 0 Å². The number of aliphatic hydroxyl groups is 1. The van der Waals surface area contributed by atoms with Crippen LogP contribution in [0.3, 0.4) is 0 Å². The fourth-order valence-corrected chi connectivity index (χ4v) is 5.76. The Bertz CT molecular complexity index is 1210. The number of aromatic amines is 1. The number of rotatable bonds is 5. The maximum Gasteiger partial charge on any atom is 0.237 e. The Kier molecular flexibility index (Phi) is 5.57. The molecule has 5 rings (SSSR count). The number of carbonyl (C=O) groups is 1. The predicted molar refractivity (Wildman–Crippen MR) is 128 cm³/mol. The molecule has 0 aromatic carbocycles. The van der Waals surface area contributed by atoms with Crippen LogP contribution in [0.1, 0.15) is 36.4 Å². The molecule has 1 fully saturated rings. The number of hydrogen-bond donors (Lipinski definition) is 2. The molecule has 0 atom stereocenters. The minimum atomic E-state index is -0.784. The minimum absolute atomic E-state index is 0.145. The third-order valence-corrected chi connectivity index (χ3v) is 7.80. The molecule has 1 aliphatic carbocycles. The number of nitrogens with one attached hydrogen (secondary N) is 1. The topological polar surface area (TPSA) is 85.3 Å². The van der Waals surface area contributed by atoms with Crippen molar-refractivity contribution in [3.63, 3.8) is 0 Å². The quantitative estimate of drug-likeness (QED) is 0.589. The highest BCUT2D eigenvalue weighted by molar-refractivity contribution is 7.15. The molecule has 0 saturated heterocycles. The van der Waals surface area contributed by atoms with Crippen LogP contribution in [-0.4, -0.2) is 69.5 Å². The fraction of sp³-hybridized carbons (Fsp3) is 0.435. The van der Waals surface area contributed by atoms with E-state index < -0.39 is 5.60 Å². The molecule has 2 aliphatic rings. The second kappa shape index (κ2) is 8.26. The molecular formula is C23H26ClN5O2S. The maximum absolute atomic E-state index is 12.3. The zero-order chi connectivity index (χ0) is 22.5. The zero-order valence-corrected chi connectivity index (χ0v) is 19.8. The molecule has 1 aliphatic heterocycles. The average molecular weight is 472 g/mol. The van der Waals surface area contributed by atoms with Crippen molar-refractivity contribution in [1.82, 2.24) is 24.8 Å². The number of pyridine rings is 1. The molecular weight excluding hydrogens is 446 g/mol. The first kappa shape index (κ1) is 21.6. The van der Waals surface area contributed by atoms with Crippen molar-refractivity contribution in [2.75, 3.05) is 33.7 Å². The van der Waals surface area contributed by atoms with Crippen molar-refractivity contribution in [3.8, 4) is 10.4 Å². The van der Waals surface area contributed by atoms with Crippen molar-refractivity contribution in [3.05, 3.63) is 40.3 Å². The Hall–Kier alpha value is -2.26. The molecule has 7 nitrogen and oxygen atoms in total. The van der Waals surface area contributed by atoms with Crippen molar-refractivity contribution in [2.24, 2.45) is 0 Å². The first-order valence-corrected chi connectivity index (χ1v) is 12.0. The van der Waals surface area contributed by atoms with Gasteiger partial charge in [0.05, 0.1) is 16.4 Å². The normalized spacial score (nSPS) is 18.2. The number of nitrogens with zero attached hydrogens (tertiary/aromatic N) is 4. The van der Waals surface area contributed by atoms with Crippen LogP contribution in [0.5, 0.6) is 0 Å². The second-order valence-corrected chi connectivity index (χ2v) is 10.3. The summed E-state index contributed by atoms with van der Waals surface area (Å²) in [6.07, 6.45) is 8.91. The summed E-state index contributed by atoms with van der Waals surface area (Å²) >= 11 is 8.08. The highest BCUT2D eigenvalue weighted by atomic mass is 35.5. The number of H-pyrrole nitrogens is 1. The Morgan fingerprint density at radius 2 is 2.16 bits per heavy atom. The summed E-state index contributed by atoms with van der Waals surface area (Å²) in [6.45, 7) is 1.73. The Labute approximate surface area is 195 Å². The molecule has 2 N–H and O–H groups in total. The Morgan fingerprint density at radius 1 is 1.34 bits per heavy atom. The van der Waals surface area contributed by atoms with Gasteiger partial charge in [-0.05, 0) is 51.4 Å². The number of hydrogen-bond acceptors (Lipinski definition) is 6. The van der Waals surface area contributed by atoms with Crippen LogP contribution in [0.2, 0.25) is 5.02 Å². The molecule has 168 valence electrons. The van der Waals surface area contributed by atoms with Gasteiger partial charge in [0.15, 0.2) is 0 Å². The third-order valence-electron chi connectivity index (χ3n) is 6.30. The number of halogens is 1. The summed E-state index contributed by atoms with van der Waals surface area (Å²) in [5.74, 6) is 0.145. The second-order valence-electron chi connectivity index (χ2n) is 8.90. The van der Waals surface area contributed by atoms with E-state index in [4.69, 9.17) is 11.6 Å². The average Bonchev–Trinajstić information content (AvgIpc) is 3.39. The van der Waals surface area contributed by atoms with Crippen LogP contribution in [0.4, 0.5) is 0 Å². The van der Waals surface area contributed by atoms with Gasteiger partial charge in [-0.25, -0.2) is 9.97 Å². The van der Waals surface area contributed by atoms with Crippen LogP contribution >= 0.6 is 22.9 Å². The smallest absolute Gasteiger partial charge is 0.237 e. The molecule has 3 aromatic rings. The molecule has 32 heavy (non-hydrogen) atoms. The van der Waals surface area contributed by atoms with E-state index in [2.05, 4.69) is 27.1 Å². The lowest BCUT2D eigenvalue weighted by Crippen LogP contribution is -2.40. The van der Waals surface area contributed by atoms with Gasteiger partial charge in [-0.2, -0.15) is 0 Å². The van der Waals surface area contributed by atoms with Crippen molar-refractivity contribution in [2.45, 2.75) is 31.3 Å². The fourth-order valence-electron chi connectivity index (χ4n) is 4.32. The van der Waals surface area contributed by atoms with Crippen molar-refractivity contribution in [1.29, 1.82) is 0 Å². The van der Waals surface area contributed by atoms with Gasteiger partial charge in [0.25, 0.3) is 0 Å². The summed E-state index contributed by atoms with van der Waals surface area (Å²) in [5, 5.41) is 12.9. The van der Waals surface area contributed by atoms with Crippen LogP contribution in [0, 0.1) is 0 Å². The van der Waals surface area contributed by atoms with E-state index in [-0.39, 0.29) is 5.91 Å². The predicted octanol–water partition coefficient (Wildman–Crippen LogP) is 3.89. The van der Waals surface area contributed by atoms with E-state index in [1.807, 2.05) is 23.9 Å². The molecule has 0 unspecified atom stereocenters. The monoisotopic (exact) mass is 471 g/mol. The van der Waals surface area contributed by atoms with Crippen molar-refractivity contribution < 1.29 is 9.90 Å². The number of carbonyl (C=O) groups excluding carboxylic acids is 1. The molecule has 0 radical (unpaired) electrons. The highest BCUT2D eigenvalue weighted by Crippen LogP contribution is 2.46. The number of likely N-dealkylation sites (N-methyl/N-ethyl adjacent to an activating group) is 1. The zero-order valence-electron chi connectivity index (χ0n) is 18.2. The highest BCUT2D eigenvalue weighted by Gasteiger charge is 2.39. The lowest BCUT2D eigenvalue weighted by molar-refractivity contribution is -0.131. The third kappa shape index (κ3) is 3.85. The van der Waals surface area contributed by atoms with E-state index in [1.165, 1.54) is 16.9 Å². The van der Waals surface area contributed by atoms with E-state index in [9.17, 15) is 9.90 Å². The van der Waals surface area contributed by atoms with Crippen LogP contribution in [0.25, 0.3) is 27.0 Å². The summed E-state index contributed by atoms with van der Waals surface area (Å²) in [6, 6.07) is 2.09. The number of thiazole rings is 1. The van der Waals surface area contributed by atoms with E-state index >= 15 is 0 Å². The van der Waals surface area contributed by atoms with Crippen LogP contribution in [-0.2, 0) is 10.4 Å². The Morgan fingerprint density at radius 3 is 2.81 bits per heavy atom. The van der Waals surface area contributed by atoms with Gasteiger partial charge in [-0.15, -0.1) is 11.3 Å². The van der Waals surface area contributed by atoms with E-state index in [1.54, 1.807) is 12.4 Å². The first-order valence-electron chi connectivity index (χ1n) is 10.8. The van der Waals surface area contributed by atoms with Crippen LogP contribution in [0.15, 0.2) is 24.5 Å². The summed E-state index contributed by atoms with van der Waals surface area (Å²) in [5.41, 5.74) is 3.05. The lowest BCUT2D eigenvalue weighted by atomic mass is 9.81. The lowest BCUT2D eigenvalue weighted by Gasteiger charge is -2.34. The standard InChI is InChI=1S/C23H26ClN5O2S/c1-28(2)13-19(30)29-8-4-14(5-9-29)17-10-15-20(16(24)11-25-21(15)27-17)18-12-26-22(32-18)23(31)6-3-7-23/h4,10-12,31H,3,5-9,13H2,1-2H3,(H,25,27). The van der Waals surface area contributed by atoms with Gasteiger partial charge in [-0.3, -0.25) is 4.79 Å². The SMILES string of the molecule is CN(C)CC(=O)N1CC=C(c2cc3c(-c4cnc(C5(O)CCC5)s4)c(Cl)cnc3[nH]2)CC1. The van der Waals surface area contributed by atoms with Gasteiger partial charge < -0.3 is 19.9 Å². The first-order chi connectivity index (χ1) is 15.3. The van der Waals surface area contributed by atoms with Gasteiger partial charge in [0.1, 0.15) is 16.3 Å². The van der Waals surface area contributed by atoms with E-state index in [0.29, 0.717) is 24.7 Å². The molecule has 4 heterocycles. The number of fused-ring (bicyclic) bond motifs is 1. The molecule has 1 saturated carbocycles. The molecule has 3 aromatic heterocycles. The molecule has 0 bridgehead atoms. The summed E-state index contributed by atoms with van der Waals surface area (Å²) in [7, 11) is 3.81. The summed E-state index contributed by atoms with van der Waals surface area (Å²) < 4.78 is 0. The Balaban J connectivity index is 1.44. The number of aromatic nitrogens is 3. The molecule has 1 amide bonds. The minimum Gasteiger partial charge on any atom is -0.383 e. The van der Waals surface area contributed by atoms with Crippen LogP contribution < -0.4 is 0 Å². The molecule has 9 heteroatoms. The maximum atomic E-state index is 12.3. The van der Waals surface area contributed by atoms with Gasteiger partial charge in [0.2, 0.25) is 5.91 Å². The van der Waals surface area contributed by atoms with E-state index in [0.717, 1.165) is 57.9 Å². The molecule has 0 spiro atoms. The van der Waals surface area contributed by atoms with Gasteiger partial charge in [0, 0.05) is 42.1 Å². The van der Waals surface area contributed by atoms with Crippen molar-refractivity contribution >= 4 is 45.5 Å².